The zero-order valence-corrected chi connectivity index (χ0v) is 12.8. The molecule has 6 nitrogen and oxygen atoms in total. The minimum atomic E-state index is 0.610. The largest absolute Gasteiger partial charge is 0.478 e. The van der Waals surface area contributed by atoms with Crippen LogP contribution in [0.4, 0.5) is 5.82 Å². The van der Waals surface area contributed by atoms with Gasteiger partial charge in [0.05, 0.1) is 12.3 Å². The summed E-state index contributed by atoms with van der Waals surface area (Å²) in [6.45, 7) is 5.15. The molecule has 3 heterocycles. The van der Waals surface area contributed by atoms with Gasteiger partial charge < -0.3 is 15.4 Å². The van der Waals surface area contributed by atoms with Crippen LogP contribution in [0.5, 0.6) is 5.88 Å². The lowest BCUT2D eigenvalue weighted by molar-refractivity contribution is 0.323. The van der Waals surface area contributed by atoms with Gasteiger partial charge in [0.1, 0.15) is 12.1 Å². The summed E-state index contributed by atoms with van der Waals surface area (Å²) in [5.74, 6) is 1.60. The highest BCUT2D eigenvalue weighted by atomic mass is 16.5. The smallest absolute Gasteiger partial charge is 0.218 e. The number of pyridine rings is 1. The van der Waals surface area contributed by atoms with Gasteiger partial charge in [-0.05, 0) is 26.0 Å². The number of fused-ring (bicyclic) bond motifs is 1. The lowest BCUT2D eigenvalue weighted by Gasteiger charge is -2.13. The fraction of sp³-hybridized carbons (Fsp3) is 0.438. The molecule has 2 aromatic rings. The predicted octanol–water partition coefficient (Wildman–Crippen LogP) is 1.57. The second-order valence-corrected chi connectivity index (χ2v) is 5.15. The molecule has 0 saturated carbocycles. The molecule has 0 fully saturated rings. The van der Waals surface area contributed by atoms with Gasteiger partial charge >= 0.3 is 0 Å². The molecule has 0 bridgehead atoms. The first-order chi connectivity index (χ1) is 10.9. The van der Waals surface area contributed by atoms with E-state index in [1.807, 2.05) is 19.1 Å². The molecule has 2 N–H and O–H groups in total. The third-order valence-electron chi connectivity index (χ3n) is 3.70. The summed E-state index contributed by atoms with van der Waals surface area (Å²) in [6.07, 6.45) is 5.28. The van der Waals surface area contributed by atoms with E-state index in [0.29, 0.717) is 19.0 Å². The summed E-state index contributed by atoms with van der Waals surface area (Å²) in [4.78, 5) is 13.1. The lowest BCUT2D eigenvalue weighted by Crippen LogP contribution is -2.16. The number of nitrogens with zero attached hydrogens (tertiary/aromatic N) is 3. The molecule has 0 aliphatic carbocycles. The molecule has 22 heavy (non-hydrogen) atoms. The summed E-state index contributed by atoms with van der Waals surface area (Å²) in [7, 11) is 0. The van der Waals surface area contributed by atoms with E-state index in [9.17, 15) is 0 Å². The second kappa shape index (κ2) is 7.17. The Balaban J connectivity index is 1.77. The van der Waals surface area contributed by atoms with Crippen LogP contribution < -0.4 is 15.4 Å². The SMILES string of the molecule is CCOc1ncccc1CNc1ncnc2c1CCNCC2. The highest BCUT2D eigenvalue weighted by Crippen LogP contribution is 2.21. The first-order valence-corrected chi connectivity index (χ1v) is 7.72. The van der Waals surface area contributed by atoms with E-state index in [1.165, 1.54) is 5.56 Å². The molecule has 0 atom stereocenters. The molecule has 2 aromatic heterocycles. The van der Waals surface area contributed by atoms with Crippen LogP contribution in [0.15, 0.2) is 24.7 Å². The van der Waals surface area contributed by atoms with Gasteiger partial charge in [-0.3, -0.25) is 0 Å². The monoisotopic (exact) mass is 299 g/mol. The third kappa shape index (κ3) is 3.33. The van der Waals surface area contributed by atoms with Crippen LogP contribution >= 0.6 is 0 Å². The normalized spacial score (nSPS) is 14.0. The van der Waals surface area contributed by atoms with E-state index in [1.54, 1.807) is 12.5 Å². The number of aromatic nitrogens is 3. The van der Waals surface area contributed by atoms with Crippen molar-refractivity contribution in [2.45, 2.75) is 26.3 Å². The highest BCUT2D eigenvalue weighted by Gasteiger charge is 2.14. The Hall–Kier alpha value is -2.21. The molecule has 0 amide bonds. The quantitative estimate of drug-likeness (QED) is 0.873. The molecule has 0 saturated heterocycles. The first-order valence-electron chi connectivity index (χ1n) is 7.72. The molecule has 0 aromatic carbocycles. The maximum absolute atomic E-state index is 5.56. The zero-order chi connectivity index (χ0) is 15.2. The van der Waals surface area contributed by atoms with Crippen molar-refractivity contribution < 1.29 is 4.74 Å². The minimum Gasteiger partial charge on any atom is -0.478 e. The zero-order valence-electron chi connectivity index (χ0n) is 12.8. The number of anilines is 1. The Morgan fingerprint density at radius 3 is 3.05 bits per heavy atom. The molecule has 3 rings (SSSR count). The molecule has 6 heteroatoms. The van der Waals surface area contributed by atoms with Crippen molar-refractivity contribution >= 4 is 5.82 Å². The number of nitrogens with one attached hydrogen (secondary N) is 2. The Bertz CT molecular complexity index is 632. The van der Waals surface area contributed by atoms with Gasteiger partial charge in [-0.1, -0.05) is 6.07 Å². The van der Waals surface area contributed by atoms with Gasteiger partial charge in [0.25, 0.3) is 0 Å². The minimum absolute atomic E-state index is 0.610. The van der Waals surface area contributed by atoms with Crippen molar-refractivity contribution in [3.63, 3.8) is 0 Å². The van der Waals surface area contributed by atoms with E-state index in [0.717, 1.165) is 43.0 Å². The lowest BCUT2D eigenvalue weighted by atomic mass is 10.1. The number of ether oxygens (including phenoxy) is 1. The van der Waals surface area contributed by atoms with Gasteiger partial charge in [-0.2, -0.15) is 0 Å². The summed E-state index contributed by atoms with van der Waals surface area (Å²) in [5.41, 5.74) is 3.39. The van der Waals surface area contributed by atoms with Gasteiger partial charge in [-0.25, -0.2) is 15.0 Å². The standard InChI is InChI=1S/C16H21N5O/c1-2-22-16-12(4-3-7-18-16)10-19-15-13-5-8-17-9-6-14(13)20-11-21-15/h3-4,7,11,17H,2,5-6,8-10H2,1H3,(H,19,20,21). The number of rotatable bonds is 5. The van der Waals surface area contributed by atoms with Crippen LogP contribution in [0.3, 0.4) is 0 Å². The van der Waals surface area contributed by atoms with Crippen molar-refractivity contribution in [2.24, 2.45) is 0 Å². The van der Waals surface area contributed by atoms with Crippen LogP contribution in [0.1, 0.15) is 23.7 Å². The molecular weight excluding hydrogens is 278 g/mol. The van der Waals surface area contributed by atoms with Crippen molar-refractivity contribution in [1.82, 2.24) is 20.3 Å². The molecule has 0 radical (unpaired) electrons. The van der Waals surface area contributed by atoms with Crippen LogP contribution in [0.2, 0.25) is 0 Å². The Morgan fingerprint density at radius 1 is 1.23 bits per heavy atom. The molecule has 1 aliphatic rings. The van der Waals surface area contributed by atoms with Gasteiger partial charge in [0.2, 0.25) is 5.88 Å². The predicted molar refractivity (Wildman–Crippen MR) is 85.0 cm³/mol. The maximum Gasteiger partial charge on any atom is 0.218 e. The summed E-state index contributed by atoms with van der Waals surface area (Å²) in [5, 5.41) is 6.81. The van der Waals surface area contributed by atoms with E-state index in [4.69, 9.17) is 4.74 Å². The van der Waals surface area contributed by atoms with Gasteiger partial charge in [0, 0.05) is 36.8 Å². The van der Waals surface area contributed by atoms with Crippen LogP contribution in [0, 0.1) is 0 Å². The fourth-order valence-electron chi connectivity index (χ4n) is 2.63. The van der Waals surface area contributed by atoms with Crippen molar-refractivity contribution in [3.8, 4) is 5.88 Å². The topological polar surface area (TPSA) is 72.0 Å². The highest BCUT2D eigenvalue weighted by molar-refractivity contribution is 5.47. The number of hydrogen-bond donors (Lipinski definition) is 2. The molecular formula is C16H21N5O. The Morgan fingerprint density at radius 2 is 2.14 bits per heavy atom. The van der Waals surface area contributed by atoms with E-state index >= 15 is 0 Å². The first kappa shape index (κ1) is 14.7. The maximum atomic E-state index is 5.56. The fourth-order valence-corrected chi connectivity index (χ4v) is 2.63. The molecule has 116 valence electrons. The van der Waals surface area contributed by atoms with Crippen molar-refractivity contribution in [3.05, 3.63) is 41.5 Å². The van der Waals surface area contributed by atoms with Gasteiger partial charge in [-0.15, -0.1) is 0 Å². The average Bonchev–Trinajstić information content (AvgIpc) is 2.80. The van der Waals surface area contributed by atoms with Crippen molar-refractivity contribution in [1.29, 1.82) is 0 Å². The molecule has 0 unspecified atom stereocenters. The van der Waals surface area contributed by atoms with E-state index in [-0.39, 0.29) is 0 Å². The Labute approximate surface area is 130 Å². The van der Waals surface area contributed by atoms with Gasteiger partial charge in [0.15, 0.2) is 0 Å². The van der Waals surface area contributed by atoms with E-state index in [2.05, 4.69) is 25.6 Å². The number of hydrogen-bond acceptors (Lipinski definition) is 6. The Kier molecular flexibility index (Phi) is 4.80. The third-order valence-corrected chi connectivity index (χ3v) is 3.70. The second-order valence-electron chi connectivity index (χ2n) is 5.15. The summed E-state index contributed by atoms with van der Waals surface area (Å²) < 4.78 is 5.56. The van der Waals surface area contributed by atoms with Crippen LogP contribution in [0.25, 0.3) is 0 Å². The summed E-state index contributed by atoms with van der Waals surface area (Å²) in [6, 6.07) is 3.94. The van der Waals surface area contributed by atoms with Crippen LogP contribution in [-0.4, -0.2) is 34.6 Å². The summed E-state index contributed by atoms with van der Waals surface area (Å²) >= 11 is 0. The van der Waals surface area contributed by atoms with Crippen LogP contribution in [-0.2, 0) is 19.4 Å². The average molecular weight is 299 g/mol. The molecule has 1 aliphatic heterocycles. The molecule has 0 spiro atoms. The van der Waals surface area contributed by atoms with E-state index < -0.39 is 0 Å². The van der Waals surface area contributed by atoms with Crippen molar-refractivity contribution in [2.75, 3.05) is 25.0 Å².